The van der Waals surface area contributed by atoms with Gasteiger partial charge in [0.25, 0.3) is 5.69 Å². The third-order valence-electron chi connectivity index (χ3n) is 2.85. The maximum absolute atomic E-state index is 10.5. The lowest BCUT2D eigenvalue weighted by Crippen LogP contribution is -2.20. The molecule has 1 aromatic carbocycles. The number of nitro benzene ring substituents is 1. The summed E-state index contributed by atoms with van der Waals surface area (Å²) in [5, 5.41) is 15.9. The van der Waals surface area contributed by atoms with Crippen LogP contribution in [0, 0.1) is 17.0 Å². The Bertz CT molecular complexity index is 566. The van der Waals surface area contributed by atoms with Gasteiger partial charge in [-0.3, -0.25) is 10.1 Å². The Kier molecular flexibility index (Phi) is 5.09. The standard InChI is InChI=1S/C14H16N2O3S/c1-11-6-9-20-14(11)10-15-7-8-19-13-4-2-12(3-5-13)16(17)18/h2-6,9,15H,7-8,10H2,1H3. The maximum Gasteiger partial charge on any atom is 0.269 e. The van der Waals surface area contributed by atoms with Crippen LogP contribution in [0.2, 0.25) is 0 Å². The molecule has 0 saturated carbocycles. The van der Waals surface area contributed by atoms with Crippen molar-refractivity contribution in [1.82, 2.24) is 5.32 Å². The average Bonchev–Trinajstić information content (AvgIpc) is 2.84. The van der Waals surface area contributed by atoms with Crippen LogP contribution in [0.3, 0.4) is 0 Å². The van der Waals surface area contributed by atoms with E-state index in [4.69, 9.17) is 4.74 Å². The first-order chi connectivity index (χ1) is 9.66. The zero-order chi connectivity index (χ0) is 14.4. The largest absolute Gasteiger partial charge is 0.492 e. The molecule has 0 bridgehead atoms. The number of hydrogen-bond acceptors (Lipinski definition) is 5. The van der Waals surface area contributed by atoms with Gasteiger partial charge in [-0.1, -0.05) is 0 Å². The Morgan fingerprint density at radius 2 is 2.05 bits per heavy atom. The molecular weight excluding hydrogens is 276 g/mol. The number of nitrogens with one attached hydrogen (secondary N) is 1. The summed E-state index contributed by atoms with van der Waals surface area (Å²) in [7, 11) is 0. The second kappa shape index (κ2) is 7.02. The van der Waals surface area contributed by atoms with Gasteiger partial charge in [0.15, 0.2) is 0 Å². The first-order valence-corrected chi connectivity index (χ1v) is 7.16. The highest BCUT2D eigenvalue weighted by Crippen LogP contribution is 2.17. The summed E-state index contributed by atoms with van der Waals surface area (Å²) < 4.78 is 5.51. The highest BCUT2D eigenvalue weighted by Gasteiger charge is 2.04. The van der Waals surface area contributed by atoms with Crippen molar-refractivity contribution in [2.75, 3.05) is 13.2 Å². The van der Waals surface area contributed by atoms with Gasteiger partial charge >= 0.3 is 0 Å². The molecule has 20 heavy (non-hydrogen) atoms. The van der Waals surface area contributed by atoms with E-state index >= 15 is 0 Å². The van der Waals surface area contributed by atoms with Gasteiger partial charge in [-0.15, -0.1) is 11.3 Å². The van der Waals surface area contributed by atoms with Gasteiger partial charge in [0.05, 0.1) is 4.92 Å². The van der Waals surface area contributed by atoms with Crippen LogP contribution in [0.4, 0.5) is 5.69 Å². The molecule has 0 saturated heterocycles. The third kappa shape index (κ3) is 4.04. The predicted octanol–water partition coefficient (Wildman–Crippen LogP) is 3.13. The first kappa shape index (κ1) is 14.5. The molecule has 1 aromatic heterocycles. The van der Waals surface area contributed by atoms with Crippen molar-refractivity contribution in [3.63, 3.8) is 0 Å². The maximum atomic E-state index is 10.5. The summed E-state index contributed by atoms with van der Waals surface area (Å²) in [6, 6.07) is 8.22. The average molecular weight is 292 g/mol. The second-order valence-corrected chi connectivity index (χ2v) is 5.30. The lowest BCUT2D eigenvalue weighted by Gasteiger charge is -2.07. The Morgan fingerprint density at radius 3 is 2.65 bits per heavy atom. The van der Waals surface area contributed by atoms with Crippen LogP contribution in [0.15, 0.2) is 35.7 Å². The fraction of sp³-hybridized carbons (Fsp3) is 0.286. The number of nitrogens with zero attached hydrogens (tertiary/aromatic N) is 1. The van der Waals surface area contributed by atoms with Crippen LogP contribution in [0.5, 0.6) is 5.75 Å². The molecule has 0 unspecified atom stereocenters. The molecule has 0 atom stereocenters. The first-order valence-electron chi connectivity index (χ1n) is 6.28. The van der Waals surface area contributed by atoms with Crippen molar-refractivity contribution < 1.29 is 9.66 Å². The number of benzene rings is 1. The minimum atomic E-state index is -0.422. The quantitative estimate of drug-likeness (QED) is 0.484. The lowest BCUT2D eigenvalue weighted by atomic mass is 10.3. The molecule has 5 nitrogen and oxygen atoms in total. The predicted molar refractivity (Wildman–Crippen MR) is 79.4 cm³/mol. The van der Waals surface area contributed by atoms with Crippen molar-refractivity contribution in [3.05, 3.63) is 56.3 Å². The van der Waals surface area contributed by atoms with Gasteiger partial charge in [-0.05, 0) is 36.1 Å². The number of rotatable bonds is 7. The highest BCUT2D eigenvalue weighted by molar-refractivity contribution is 7.10. The SMILES string of the molecule is Cc1ccsc1CNCCOc1ccc([N+](=O)[O-])cc1. The summed E-state index contributed by atoms with van der Waals surface area (Å²) in [5.41, 5.74) is 1.38. The molecular formula is C14H16N2O3S. The molecule has 0 fully saturated rings. The van der Waals surface area contributed by atoms with E-state index in [1.807, 2.05) is 0 Å². The Balaban J connectivity index is 1.68. The van der Waals surface area contributed by atoms with E-state index in [0.29, 0.717) is 12.4 Å². The molecule has 0 aliphatic heterocycles. The lowest BCUT2D eigenvalue weighted by molar-refractivity contribution is -0.384. The van der Waals surface area contributed by atoms with Gasteiger partial charge in [0.2, 0.25) is 0 Å². The fourth-order valence-electron chi connectivity index (χ4n) is 1.69. The molecule has 1 heterocycles. The molecule has 2 rings (SSSR count). The number of aryl methyl sites for hydroxylation is 1. The van der Waals surface area contributed by atoms with Gasteiger partial charge in [0, 0.05) is 30.1 Å². The van der Waals surface area contributed by atoms with E-state index in [2.05, 4.69) is 23.7 Å². The number of non-ortho nitro benzene ring substituents is 1. The zero-order valence-corrected chi connectivity index (χ0v) is 12.0. The molecule has 1 N–H and O–H groups in total. The Labute approximate surface area is 121 Å². The van der Waals surface area contributed by atoms with E-state index in [-0.39, 0.29) is 5.69 Å². The molecule has 0 spiro atoms. The topological polar surface area (TPSA) is 64.4 Å². The summed E-state index contributed by atoms with van der Waals surface area (Å²) in [5.74, 6) is 0.643. The van der Waals surface area contributed by atoms with E-state index < -0.39 is 4.92 Å². The van der Waals surface area contributed by atoms with Crippen LogP contribution in [-0.4, -0.2) is 18.1 Å². The number of hydrogen-bond donors (Lipinski definition) is 1. The van der Waals surface area contributed by atoms with Crippen LogP contribution in [-0.2, 0) is 6.54 Å². The van der Waals surface area contributed by atoms with E-state index in [1.54, 1.807) is 23.5 Å². The van der Waals surface area contributed by atoms with Crippen molar-refractivity contribution in [1.29, 1.82) is 0 Å². The fourth-order valence-corrected chi connectivity index (χ4v) is 2.57. The number of thiophene rings is 1. The Hall–Kier alpha value is -1.92. The van der Waals surface area contributed by atoms with E-state index in [9.17, 15) is 10.1 Å². The summed E-state index contributed by atoms with van der Waals surface area (Å²) in [6.07, 6.45) is 0. The third-order valence-corrected chi connectivity index (χ3v) is 3.87. The van der Waals surface area contributed by atoms with Crippen molar-refractivity contribution >= 4 is 17.0 Å². The van der Waals surface area contributed by atoms with Crippen molar-refractivity contribution in [2.45, 2.75) is 13.5 Å². The number of nitro groups is 1. The second-order valence-electron chi connectivity index (χ2n) is 4.30. The molecule has 0 radical (unpaired) electrons. The molecule has 106 valence electrons. The van der Waals surface area contributed by atoms with Gasteiger partial charge in [0.1, 0.15) is 12.4 Å². The van der Waals surface area contributed by atoms with Gasteiger partial charge < -0.3 is 10.1 Å². The minimum absolute atomic E-state index is 0.0728. The number of ether oxygens (including phenoxy) is 1. The monoisotopic (exact) mass is 292 g/mol. The summed E-state index contributed by atoms with van der Waals surface area (Å²) in [4.78, 5) is 11.4. The summed E-state index contributed by atoms with van der Waals surface area (Å²) in [6.45, 7) is 4.20. The van der Waals surface area contributed by atoms with Crippen LogP contribution >= 0.6 is 11.3 Å². The van der Waals surface area contributed by atoms with Crippen molar-refractivity contribution in [2.24, 2.45) is 0 Å². The molecule has 0 aliphatic carbocycles. The van der Waals surface area contributed by atoms with Crippen LogP contribution in [0.25, 0.3) is 0 Å². The van der Waals surface area contributed by atoms with Gasteiger partial charge in [-0.2, -0.15) is 0 Å². The van der Waals surface area contributed by atoms with Crippen LogP contribution in [0.1, 0.15) is 10.4 Å². The summed E-state index contributed by atoms with van der Waals surface area (Å²) >= 11 is 1.74. The molecule has 6 heteroatoms. The molecule has 0 amide bonds. The van der Waals surface area contributed by atoms with E-state index in [1.165, 1.54) is 22.6 Å². The zero-order valence-electron chi connectivity index (χ0n) is 11.2. The minimum Gasteiger partial charge on any atom is -0.492 e. The van der Waals surface area contributed by atoms with Crippen LogP contribution < -0.4 is 10.1 Å². The molecule has 2 aromatic rings. The smallest absolute Gasteiger partial charge is 0.269 e. The normalized spacial score (nSPS) is 10.4. The highest BCUT2D eigenvalue weighted by atomic mass is 32.1. The van der Waals surface area contributed by atoms with E-state index in [0.717, 1.165) is 13.1 Å². The van der Waals surface area contributed by atoms with Crippen molar-refractivity contribution in [3.8, 4) is 5.75 Å². The van der Waals surface area contributed by atoms with Gasteiger partial charge in [-0.25, -0.2) is 0 Å². The Morgan fingerprint density at radius 1 is 1.30 bits per heavy atom. The molecule has 0 aliphatic rings.